The summed E-state index contributed by atoms with van der Waals surface area (Å²) >= 11 is 1.03. The predicted molar refractivity (Wildman–Crippen MR) is 121 cm³/mol. The van der Waals surface area contributed by atoms with Crippen molar-refractivity contribution in [3.63, 3.8) is 0 Å². The summed E-state index contributed by atoms with van der Waals surface area (Å²) < 4.78 is 49.0. The van der Waals surface area contributed by atoms with Gasteiger partial charge in [-0.25, -0.2) is 22.6 Å². The zero-order chi connectivity index (χ0) is 23.4. The van der Waals surface area contributed by atoms with Crippen molar-refractivity contribution in [1.29, 1.82) is 0 Å². The Morgan fingerprint density at radius 2 is 2.12 bits per heavy atom. The molecule has 0 amide bonds. The molecular formula is C22H16FN3O5S2. The fourth-order valence-corrected chi connectivity index (χ4v) is 5.93. The Morgan fingerprint density at radius 3 is 2.85 bits per heavy atom. The second-order valence-electron chi connectivity index (χ2n) is 7.61. The number of nitrogens with one attached hydrogen (secondary N) is 1. The monoisotopic (exact) mass is 485 g/mol. The van der Waals surface area contributed by atoms with Crippen LogP contribution < -0.4 is 10.5 Å². The normalized spacial score (nSPS) is 17.8. The summed E-state index contributed by atoms with van der Waals surface area (Å²) in [5.74, 6) is -2.02. The average molecular weight is 486 g/mol. The van der Waals surface area contributed by atoms with Crippen molar-refractivity contribution in [3.05, 3.63) is 87.1 Å². The van der Waals surface area contributed by atoms with E-state index in [0.717, 1.165) is 39.2 Å². The van der Waals surface area contributed by atoms with E-state index in [1.807, 2.05) is 19.1 Å². The van der Waals surface area contributed by atoms with Crippen LogP contribution in [-0.2, 0) is 26.8 Å². The molecule has 2 aromatic heterocycles. The van der Waals surface area contributed by atoms with E-state index >= 15 is 4.39 Å². The Labute approximate surface area is 191 Å². The van der Waals surface area contributed by atoms with Crippen molar-refractivity contribution < 1.29 is 22.0 Å². The summed E-state index contributed by atoms with van der Waals surface area (Å²) in [5, 5.41) is 1.62. The maximum atomic E-state index is 15.1. The summed E-state index contributed by atoms with van der Waals surface area (Å²) in [4.78, 5) is 28.5. The van der Waals surface area contributed by atoms with E-state index in [1.54, 1.807) is 23.6 Å². The molecule has 0 bridgehead atoms. The van der Waals surface area contributed by atoms with Crippen LogP contribution in [0.3, 0.4) is 0 Å². The van der Waals surface area contributed by atoms with Crippen LogP contribution in [0.4, 0.5) is 9.52 Å². The van der Waals surface area contributed by atoms with Gasteiger partial charge in [-0.05, 0) is 24.5 Å². The first-order valence-electron chi connectivity index (χ1n) is 9.77. The third-order valence-electron chi connectivity index (χ3n) is 5.53. The first-order valence-corrected chi connectivity index (χ1v) is 12.1. The van der Waals surface area contributed by atoms with Crippen LogP contribution in [0.15, 0.2) is 68.2 Å². The second-order valence-corrected chi connectivity index (χ2v) is 10.2. The van der Waals surface area contributed by atoms with E-state index in [0.29, 0.717) is 18.3 Å². The molecule has 1 unspecified atom stereocenters. The van der Waals surface area contributed by atoms with Crippen molar-refractivity contribution in [1.82, 2.24) is 9.55 Å². The van der Waals surface area contributed by atoms with Crippen molar-refractivity contribution in [2.45, 2.75) is 23.8 Å². The first-order chi connectivity index (χ1) is 15.7. The number of carbonyl (C=O) groups is 1. The number of aryl methyl sites for hydroxylation is 1. The zero-order valence-electron chi connectivity index (χ0n) is 17.1. The van der Waals surface area contributed by atoms with Gasteiger partial charge in [-0.1, -0.05) is 35.9 Å². The number of hydrogen-bond acceptors (Lipinski definition) is 7. The van der Waals surface area contributed by atoms with Gasteiger partial charge in [-0.2, -0.15) is 0 Å². The number of thiazole rings is 1. The maximum Gasteiger partial charge on any atom is 0.421 e. The van der Waals surface area contributed by atoms with Crippen molar-refractivity contribution in [2.24, 2.45) is 0 Å². The Balaban J connectivity index is 1.73. The topological polar surface area (TPSA) is 111 Å². The number of allylic oxidation sites excluding steroid dienone is 2. The number of rotatable bonds is 5. The number of nitrogens with zero attached hydrogens (tertiary/aromatic N) is 2. The predicted octanol–water partition coefficient (Wildman–Crippen LogP) is 3.35. The molecule has 0 radical (unpaired) electrons. The number of oxazole rings is 1. The SMILES string of the molecule is Cc1ccc2c(c1)C(C=O)(n1c(=O)oc3cc(S(=O)(=O)Nc4nccs4)c(F)cc31)C=CC2. The molecule has 0 fully saturated rings. The fraction of sp³-hybridized carbons (Fsp3) is 0.136. The highest BCUT2D eigenvalue weighted by molar-refractivity contribution is 7.93. The third-order valence-corrected chi connectivity index (χ3v) is 7.71. The van der Waals surface area contributed by atoms with Crippen LogP contribution in [0.5, 0.6) is 0 Å². The van der Waals surface area contributed by atoms with Gasteiger partial charge in [0.25, 0.3) is 10.0 Å². The van der Waals surface area contributed by atoms with Crippen LogP contribution in [0, 0.1) is 12.7 Å². The number of benzene rings is 2. The number of aromatic nitrogens is 2. The minimum Gasteiger partial charge on any atom is -0.408 e. The molecule has 1 atom stereocenters. The van der Waals surface area contributed by atoms with Crippen molar-refractivity contribution in [2.75, 3.05) is 4.72 Å². The lowest BCUT2D eigenvalue weighted by Gasteiger charge is -2.31. The van der Waals surface area contributed by atoms with E-state index in [-0.39, 0.29) is 16.2 Å². The van der Waals surface area contributed by atoms with Gasteiger partial charge in [0.15, 0.2) is 22.5 Å². The quantitative estimate of drug-likeness (QED) is 0.343. The Morgan fingerprint density at radius 1 is 1.30 bits per heavy atom. The molecule has 1 aliphatic rings. The molecule has 2 heterocycles. The summed E-state index contributed by atoms with van der Waals surface area (Å²) in [6.07, 6.45) is 5.89. The van der Waals surface area contributed by atoms with Crippen LogP contribution in [0.2, 0.25) is 0 Å². The van der Waals surface area contributed by atoms with Gasteiger partial charge < -0.3 is 4.42 Å². The van der Waals surface area contributed by atoms with Gasteiger partial charge in [-0.3, -0.25) is 14.1 Å². The molecule has 168 valence electrons. The van der Waals surface area contributed by atoms with Crippen LogP contribution in [0.25, 0.3) is 11.1 Å². The molecule has 4 aromatic rings. The number of hydrogen-bond donors (Lipinski definition) is 1. The molecule has 0 saturated heterocycles. The molecular weight excluding hydrogens is 469 g/mol. The highest BCUT2D eigenvalue weighted by Gasteiger charge is 2.39. The number of fused-ring (bicyclic) bond motifs is 2. The number of halogens is 1. The van der Waals surface area contributed by atoms with Gasteiger partial charge >= 0.3 is 5.76 Å². The van der Waals surface area contributed by atoms with Crippen LogP contribution >= 0.6 is 11.3 Å². The Hall–Kier alpha value is -3.57. The molecule has 1 N–H and O–H groups in total. The highest BCUT2D eigenvalue weighted by atomic mass is 32.2. The summed E-state index contributed by atoms with van der Waals surface area (Å²) in [5.41, 5.74) is 0.514. The van der Waals surface area contributed by atoms with E-state index < -0.39 is 32.0 Å². The fourth-order valence-electron chi connectivity index (χ4n) is 4.07. The first kappa shape index (κ1) is 21.3. The number of sulfonamides is 1. The molecule has 11 heteroatoms. The van der Waals surface area contributed by atoms with Crippen LogP contribution in [-0.4, -0.2) is 24.3 Å². The minimum atomic E-state index is -4.34. The molecule has 0 aliphatic heterocycles. The molecule has 8 nitrogen and oxygen atoms in total. The molecule has 0 spiro atoms. The van der Waals surface area contributed by atoms with Gasteiger partial charge in [0, 0.05) is 23.7 Å². The molecule has 1 aliphatic carbocycles. The van der Waals surface area contributed by atoms with Crippen molar-refractivity contribution >= 4 is 43.9 Å². The van der Waals surface area contributed by atoms with E-state index in [9.17, 15) is 18.0 Å². The number of carbonyl (C=O) groups excluding carboxylic acids is 1. The van der Waals surface area contributed by atoms with Gasteiger partial charge in [0.1, 0.15) is 10.7 Å². The van der Waals surface area contributed by atoms with Gasteiger partial charge in [0.2, 0.25) is 0 Å². The molecule has 5 rings (SSSR count). The van der Waals surface area contributed by atoms with Gasteiger partial charge in [-0.15, -0.1) is 11.3 Å². The Bertz CT molecular complexity index is 1600. The molecule has 2 aromatic carbocycles. The smallest absolute Gasteiger partial charge is 0.408 e. The van der Waals surface area contributed by atoms with Crippen LogP contribution in [0.1, 0.15) is 16.7 Å². The largest absolute Gasteiger partial charge is 0.421 e. The maximum absolute atomic E-state index is 15.1. The second kappa shape index (κ2) is 7.49. The zero-order valence-corrected chi connectivity index (χ0v) is 18.7. The van der Waals surface area contributed by atoms with E-state index in [4.69, 9.17) is 4.42 Å². The number of aldehydes is 1. The van der Waals surface area contributed by atoms with E-state index in [2.05, 4.69) is 9.71 Å². The summed E-state index contributed by atoms with van der Waals surface area (Å²) in [6.45, 7) is 1.86. The number of anilines is 1. The standard InChI is InChI=1S/C22H16FN3O5S2/c1-13-4-5-14-3-2-6-22(12-27,15(14)9-13)26-17-10-16(23)19(11-18(17)31-21(26)28)33(29,30)25-20-24-7-8-32-20/h2,4-12H,3H2,1H3,(H,24,25). The summed E-state index contributed by atoms with van der Waals surface area (Å²) in [7, 11) is -4.34. The van der Waals surface area contributed by atoms with Gasteiger partial charge in [0.05, 0.1) is 5.52 Å². The summed E-state index contributed by atoms with van der Waals surface area (Å²) in [6, 6.07) is 7.39. The molecule has 0 saturated carbocycles. The van der Waals surface area contributed by atoms with E-state index in [1.165, 1.54) is 6.20 Å². The highest BCUT2D eigenvalue weighted by Crippen LogP contribution is 2.36. The third kappa shape index (κ3) is 3.31. The lowest BCUT2D eigenvalue weighted by molar-refractivity contribution is -0.112. The van der Waals surface area contributed by atoms with Crippen molar-refractivity contribution in [3.8, 4) is 0 Å². The average Bonchev–Trinajstić information content (AvgIpc) is 3.39. The lowest BCUT2D eigenvalue weighted by Crippen LogP contribution is -2.42. The molecule has 33 heavy (non-hydrogen) atoms. The lowest BCUT2D eigenvalue weighted by atomic mass is 9.81. The minimum absolute atomic E-state index is 0.0446. The Kier molecular flexibility index (Phi) is 4.83.